The highest BCUT2D eigenvalue weighted by atomic mass is 16.5. The molecule has 5 nitrogen and oxygen atoms in total. The molecule has 1 saturated carbocycles. The molecule has 0 radical (unpaired) electrons. The van der Waals surface area contributed by atoms with Gasteiger partial charge in [0.1, 0.15) is 5.75 Å². The Kier molecular flexibility index (Phi) is 5.76. The first-order chi connectivity index (χ1) is 12.5. The first kappa shape index (κ1) is 19.0. The maximum absolute atomic E-state index is 5.92. The molecule has 3 unspecified atom stereocenters. The molecule has 1 N–H and O–H groups in total. The maximum atomic E-state index is 5.92. The molecule has 3 rings (SSSR count). The van der Waals surface area contributed by atoms with E-state index in [-0.39, 0.29) is 5.41 Å². The van der Waals surface area contributed by atoms with E-state index in [0.717, 1.165) is 37.8 Å². The molecule has 0 spiro atoms. The summed E-state index contributed by atoms with van der Waals surface area (Å²) in [5, 5.41) is 3.74. The predicted molar refractivity (Wildman–Crippen MR) is 106 cm³/mol. The maximum Gasteiger partial charge on any atom is 0.194 e. The van der Waals surface area contributed by atoms with Crippen molar-refractivity contribution in [2.75, 3.05) is 26.8 Å². The number of benzene rings is 1. The van der Waals surface area contributed by atoms with Gasteiger partial charge in [0, 0.05) is 44.1 Å². The van der Waals surface area contributed by atoms with Crippen molar-refractivity contribution in [3.63, 3.8) is 0 Å². The molecule has 1 aliphatic carbocycles. The first-order valence-corrected chi connectivity index (χ1v) is 9.82. The molecule has 1 heterocycles. The van der Waals surface area contributed by atoms with Crippen molar-refractivity contribution in [1.82, 2.24) is 10.2 Å². The lowest BCUT2D eigenvalue weighted by molar-refractivity contribution is -0.107. The summed E-state index contributed by atoms with van der Waals surface area (Å²) in [6.07, 6.45) is 1.53. The molecule has 1 aliphatic heterocycles. The Bertz CT molecular complexity index is 627. The fraction of sp³-hybridized carbons (Fsp3) is 0.667. The lowest BCUT2D eigenvalue weighted by Crippen LogP contribution is -2.67. The fourth-order valence-corrected chi connectivity index (χ4v) is 4.39. The Morgan fingerprint density at radius 2 is 2.04 bits per heavy atom. The zero-order chi connectivity index (χ0) is 18.7. The van der Waals surface area contributed by atoms with Crippen LogP contribution >= 0.6 is 0 Å². The Morgan fingerprint density at radius 1 is 1.31 bits per heavy atom. The van der Waals surface area contributed by atoms with E-state index < -0.39 is 0 Å². The second-order valence-corrected chi connectivity index (χ2v) is 7.92. The lowest BCUT2D eigenvalue weighted by Gasteiger charge is -2.55. The Hall–Kier alpha value is -1.75. The van der Waals surface area contributed by atoms with E-state index in [1.54, 1.807) is 0 Å². The average Bonchev–Trinajstić information content (AvgIpc) is 3.07. The summed E-state index contributed by atoms with van der Waals surface area (Å²) < 4.78 is 11.4. The smallest absolute Gasteiger partial charge is 0.194 e. The number of guanidine groups is 1. The third kappa shape index (κ3) is 3.68. The largest absolute Gasteiger partial charge is 0.494 e. The standard InChI is InChI=1S/C21H33N3O2/c1-6-22-20(23-18-17-12-13-26-19(17)21(18,3)4)24(5)14-15-8-10-16(11-9-15)25-7-2/h8-11,17-19H,6-7,12-14H2,1-5H3,(H,22,23). The topological polar surface area (TPSA) is 46.1 Å². The van der Waals surface area contributed by atoms with Crippen LogP contribution in [0.4, 0.5) is 0 Å². The molecule has 3 atom stereocenters. The highest BCUT2D eigenvalue weighted by molar-refractivity contribution is 5.80. The van der Waals surface area contributed by atoms with Crippen molar-refractivity contribution in [3.8, 4) is 5.75 Å². The lowest BCUT2D eigenvalue weighted by atomic mass is 9.57. The summed E-state index contributed by atoms with van der Waals surface area (Å²) in [5.41, 5.74) is 1.40. The van der Waals surface area contributed by atoms with Crippen LogP contribution < -0.4 is 10.1 Å². The van der Waals surface area contributed by atoms with Gasteiger partial charge >= 0.3 is 0 Å². The van der Waals surface area contributed by atoms with Crippen molar-refractivity contribution in [1.29, 1.82) is 0 Å². The minimum absolute atomic E-state index is 0.148. The highest BCUT2D eigenvalue weighted by Gasteiger charge is 2.59. The molecule has 2 aliphatic rings. The van der Waals surface area contributed by atoms with E-state index in [1.807, 2.05) is 19.1 Å². The third-order valence-electron chi connectivity index (χ3n) is 5.71. The summed E-state index contributed by atoms with van der Waals surface area (Å²) in [6.45, 7) is 11.9. The SMILES string of the molecule is CCN=C(NC1C2CCOC2C1(C)C)N(C)Cc1ccc(OCC)cc1. The quantitative estimate of drug-likeness (QED) is 0.625. The molecule has 144 valence electrons. The number of hydrogen-bond acceptors (Lipinski definition) is 3. The number of rotatable bonds is 6. The number of nitrogens with zero attached hydrogens (tertiary/aromatic N) is 2. The first-order valence-electron chi connectivity index (χ1n) is 9.82. The van der Waals surface area contributed by atoms with Gasteiger partial charge in [0.15, 0.2) is 5.96 Å². The van der Waals surface area contributed by atoms with Gasteiger partial charge in [0.05, 0.1) is 12.7 Å². The third-order valence-corrected chi connectivity index (χ3v) is 5.71. The molecular weight excluding hydrogens is 326 g/mol. The summed E-state index contributed by atoms with van der Waals surface area (Å²) in [4.78, 5) is 6.94. The molecule has 1 aromatic rings. The minimum atomic E-state index is 0.148. The van der Waals surface area contributed by atoms with Crippen molar-refractivity contribution >= 4 is 5.96 Å². The zero-order valence-corrected chi connectivity index (χ0v) is 16.8. The molecule has 26 heavy (non-hydrogen) atoms. The molecule has 0 aromatic heterocycles. The van der Waals surface area contributed by atoms with Crippen LogP contribution in [0.25, 0.3) is 0 Å². The number of hydrogen-bond donors (Lipinski definition) is 1. The van der Waals surface area contributed by atoms with Gasteiger partial charge in [-0.3, -0.25) is 4.99 Å². The Labute approximate surface area is 157 Å². The van der Waals surface area contributed by atoms with Gasteiger partial charge in [-0.1, -0.05) is 26.0 Å². The summed E-state index contributed by atoms with van der Waals surface area (Å²) in [5.74, 6) is 2.50. The van der Waals surface area contributed by atoms with E-state index in [0.29, 0.717) is 24.7 Å². The van der Waals surface area contributed by atoms with Crippen molar-refractivity contribution in [3.05, 3.63) is 29.8 Å². The minimum Gasteiger partial charge on any atom is -0.494 e. The fourth-order valence-electron chi connectivity index (χ4n) is 4.39. The van der Waals surface area contributed by atoms with Crippen LogP contribution in [0.15, 0.2) is 29.3 Å². The number of aliphatic imine (C=N–C) groups is 1. The summed E-state index contributed by atoms with van der Waals surface area (Å²) >= 11 is 0. The number of fused-ring (bicyclic) bond motifs is 1. The molecule has 1 aromatic carbocycles. The van der Waals surface area contributed by atoms with Gasteiger partial charge in [0.25, 0.3) is 0 Å². The van der Waals surface area contributed by atoms with Gasteiger partial charge in [-0.05, 0) is 38.0 Å². The average molecular weight is 360 g/mol. The van der Waals surface area contributed by atoms with Crippen LogP contribution in [0.2, 0.25) is 0 Å². The van der Waals surface area contributed by atoms with Crippen LogP contribution in [-0.4, -0.2) is 49.8 Å². The van der Waals surface area contributed by atoms with Crippen molar-refractivity contribution in [2.45, 2.75) is 52.8 Å². The number of ether oxygens (including phenoxy) is 2. The molecule has 0 bridgehead atoms. The zero-order valence-electron chi connectivity index (χ0n) is 16.8. The van der Waals surface area contributed by atoms with Crippen molar-refractivity contribution in [2.24, 2.45) is 16.3 Å². The molecule has 2 fully saturated rings. The summed E-state index contributed by atoms with van der Waals surface area (Å²) in [7, 11) is 2.10. The van der Waals surface area contributed by atoms with Gasteiger partial charge in [-0.15, -0.1) is 0 Å². The van der Waals surface area contributed by atoms with Crippen LogP contribution in [0, 0.1) is 11.3 Å². The summed E-state index contributed by atoms with van der Waals surface area (Å²) in [6, 6.07) is 8.74. The molecule has 0 amide bonds. The molecule has 1 saturated heterocycles. The van der Waals surface area contributed by atoms with Gasteiger partial charge in [-0.2, -0.15) is 0 Å². The van der Waals surface area contributed by atoms with Gasteiger partial charge < -0.3 is 19.7 Å². The predicted octanol–water partition coefficient (Wildman–Crippen LogP) is 3.30. The molecule has 5 heteroatoms. The second-order valence-electron chi connectivity index (χ2n) is 7.92. The normalized spacial score (nSPS) is 26.8. The number of nitrogens with one attached hydrogen (secondary N) is 1. The van der Waals surface area contributed by atoms with Crippen LogP contribution in [0.3, 0.4) is 0 Å². The van der Waals surface area contributed by atoms with Crippen LogP contribution in [0.5, 0.6) is 5.75 Å². The Balaban J connectivity index is 1.65. The second kappa shape index (κ2) is 7.87. The van der Waals surface area contributed by atoms with E-state index in [2.05, 4.69) is 50.2 Å². The van der Waals surface area contributed by atoms with E-state index >= 15 is 0 Å². The van der Waals surface area contributed by atoms with Crippen LogP contribution in [0.1, 0.15) is 39.7 Å². The van der Waals surface area contributed by atoms with Crippen LogP contribution in [-0.2, 0) is 11.3 Å². The van der Waals surface area contributed by atoms with E-state index in [9.17, 15) is 0 Å². The van der Waals surface area contributed by atoms with Gasteiger partial charge in [0.2, 0.25) is 0 Å². The monoisotopic (exact) mass is 359 g/mol. The highest BCUT2D eigenvalue weighted by Crippen LogP contribution is 2.52. The van der Waals surface area contributed by atoms with Gasteiger partial charge in [-0.25, -0.2) is 0 Å². The Morgan fingerprint density at radius 3 is 2.69 bits per heavy atom. The molecular formula is C21H33N3O2. The van der Waals surface area contributed by atoms with Crippen molar-refractivity contribution < 1.29 is 9.47 Å². The van der Waals surface area contributed by atoms with E-state index in [4.69, 9.17) is 14.5 Å². The van der Waals surface area contributed by atoms with E-state index in [1.165, 1.54) is 5.56 Å².